The van der Waals surface area contributed by atoms with Crippen molar-refractivity contribution in [2.45, 2.75) is 19.8 Å². The monoisotopic (exact) mass is 246 g/mol. The Hall–Kier alpha value is -2.08. The van der Waals surface area contributed by atoms with Crippen LogP contribution in [0, 0.1) is 0 Å². The third kappa shape index (κ3) is 2.15. The van der Waals surface area contributed by atoms with Gasteiger partial charge >= 0.3 is 0 Å². The first-order valence-electron chi connectivity index (χ1n) is 6.84. The van der Waals surface area contributed by atoms with Crippen LogP contribution in [0.5, 0.6) is 0 Å². The standard InChI is InChI=1S/C19H18/c1-14(2)16-10-5-6-11-18(16)19-12-4-3-8-15-9-7-13-17(15)19/h3-14H,1-2H3. The Labute approximate surface area is 115 Å². The highest BCUT2D eigenvalue weighted by molar-refractivity contribution is 5.85. The van der Waals surface area contributed by atoms with Gasteiger partial charge in [0.2, 0.25) is 0 Å². The topological polar surface area (TPSA) is 0 Å². The molecule has 0 spiro atoms. The van der Waals surface area contributed by atoms with E-state index in [9.17, 15) is 0 Å². The molecule has 0 fully saturated rings. The summed E-state index contributed by atoms with van der Waals surface area (Å²) in [5.41, 5.74) is 6.73. The molecule has 0 saturated heterocycles. The van der Waals surface area contributed by atoms with E-state index in [2.05, 4.69) is 80.6 Å². The van der Waals surface area contributed by atoms with E-state index >= 15 is 0 Å². The Bertz CT molecular complexity index is 664. The number of hydrogen-bond donors (Lipinski definition) is 0. The van der Waals surface area contributed by atoms with Crippen molar-refractivity contribution in [1.82, 2.24) is 0 Å². The molecule has 0 nitrogen and oxygen atoms in total. The number of benzene rings is 1. The van der Waals surface area contributed by atoms with E-state index in [1.54, 1.807) is 0 Å². The minimum absolute atomic E-state index is 0.534. The maximum absolute atomic E-state index is 2.25. The molecule has 0 heteroatoms. The fraction of sp³-hybridized carbons (Fsp3) is 0.158. The maximum Gasteiger partial charge on any atom is -0.0103 e. The molecule has 0 bridgehead atoms. The molecule has 0 radical (unpaired) electrons. The highest BCUT2D eigenvalue weighted by Gasteiger charge is 2.12. The molecule has 1 aromatic carbocycles. The lowest BCUT2D eigenvalue weighted by Crippen LogP contribution is -1.92. The van der Waals surface area contributed by atoms with Gasteiger partial charge in [0.15, 0.2) is 0 Å². The molecule has 0 aliphatic heterocycles. The normalized spacial score (nSPS) is 11.1. The van der Waals surface area contributed by atoms with E-state index in [1.807, 2.05) is 0 Å². The molecule has 1 aromatic rings. The summed E-state index contributed by atoms with van der Waals surface area (Å²) in [6.07, 6.45) is 0. The lowest BCUT2D eigenvalue weighted by molar-refractivity contribution is 0.869. The third-order valence-corrected chi connectivity index (χ3v) is 3.66. The lowest BCUT2D eigenvalue weighted by Gasteiger charge is -2.14. The summed E-state index contributed by atoms with van der Waals surface area (Å²) in [5, 5.41) is 0. The van der Waals surface area contributed by atoms with E-state index in [4.69, 9.17) is 0 Å². The average molecular weight is 246 g/mol. The van der Waals surface area contributed by atoms with Crippen LogP contribution in [0.2, 0.25) is 0 Å². The molecular formula is C19H18. The van der Waals surface area contributed by atoms with Crippen LogP contribution in [-0.4, -0.2) is 0 Å². The van der Waals surface area contributed by atoms with Gasteiger partial charge in [-0.3, -0.25) is 0 Å². The van der Waals surface area contributed by atoms with Crippen LogP contribution in [0.15, 0.2) is 66.7 Å². The lowest BCUT2D eigenvalue weighted by atomic mass is 9.90. The Kier molecular flexibility index (Phi) is 3.08. The van der Waals surface area contributed by atoms with E-state index in [1.165, 1.54) is 27.8 Å². The molecule has 0 aromatic heterocycles. The minimum atomic E-state index is 0.534. The maximum atomic E-state index is 2.25. The molecule has 0 saturated carbocycles. The van der Waals surface area contributed by atoms with Crippen LogP contribution in [-0.2, 0) is 0 Å². The number of rotatable bonds is 2. The fourth-order valence-electron chi connectivity index (χ4n) is 2.71. The predicted molar refractivity (Wildman–Crippen MR) is 82.6 cm³/mol. The van der Waals surface area contributed by atoms with Crippen LogP contribution in [0.4, 0.5) is 0 Å². The molecule has 94 valence electrons. The Morgan fingerprint density at radius 1 is 0.579 bits per heavy atom. The first kappa shape index (κ1) is 12.0. The quantitative estimate of drug-likeness (QED) is 0.553. The largest absolute Gasteiger partial charge is 0.0619 e. The zero-order valence-electron chi connectivity index (χ0n) is 11.4. The van der Waals surface area contributed by atoms with Gasteiger partial charge in [0.25, 0.3) is 0 Å². The van der Waals surface area contributed by atoms with Gasteiger partial charge < -0.3 is 0 Å². The van der Waals surface area contributed by atoms with E-state index in [0.29, 0.717) is 5.92 Å². The molecule has 2 aliphatic carbocycles. The second-order valence-electron chi connectivity index (χ2n) is 5.27. The Morgan fingerprint density at radius 2 is 1.16 bits per heavy atom. The van der Waals surface area contributed by atoms with Gasteiger partial charge in [0.1, 0.15) is 0 Å². The van der Waals surface area contributed by atoms with E-state index in [-0.39, 0.29) is 0 Å². The van der Waals surface area contributed by atoms with Crippen molar-refractivity contribution in [3.05, 3.63) is 72.3 Å². The smallest absolute Gasteiger partial charge is 0.0103 e. The Morgan fingerprint density at radius 3 is 1.95 bits per heavy atom. The van der Waals surface area contributed by atoms with Gasteiger partial charge in [-0.25, -0.2) is 0 Å². The Balaban J connectivity index is 2.27. The van der Waals surface area contributed by atoms with Crippen LogP contribution in [0.3, 0.4) is 0 Å². The average Bonchev–Trinajstić information content (AvgIpc) is 2.79. The molecule has 3 rings (SSSR count). The molecular weight excluding hydrogens is 228 g/mol. The van der Waals surface area contributed by atoms with Crippen molar-refractivity contribution in [3.8, 4) is 22.3 Å². The van der Waals surface area contributed by atoms with Gasteiger partial charge in [0, 0.05) is 0 Å². The summed E-state index contributed by atoms with van der Waals surface area (Å²) in [7, 11) is 0. The number of hydrogen-bond acceptors (Lipinski definition) is 0. The molecule has 2 aliphatic rings. The fourth-order valence-corrected chi connectivity index (χ4v) is 2.71. The van der Waals surface area contributed by atoms with Gasteiger partial charge in [-0.2, -0.15) is 0 Å². The minimum Gasteiger partial charge on any atom is -0.0619 e. The summed E-state index contributed by atoms with van der Waals surface area (Å²) in [6.45, 7) is 4.51. The zero-order valence-corrected chi connectivity index (χ0v) is 11.4. The van der Waals surface area contributed by atoms with Crippen molar-refractivity contribution in [3.63, 3.8) is 0 Å². The summed E-state index contributed by atoms with van der Waals surface area (Å²) in [4.78, 5) is 0. The summed E-state index contributed by atoms with van der Waals surface area (Å²) in [6, 6.07) is 23.9. The summed E-state index contributed by atoms with van der Waals surface area (Å²) in [5.74, 6) is 0.534. The van der Waals surface area contributed by atoms with Gasteiger partial charge in [0.05, 0.1) is 0 Å². The summed E-state index contributed by atoms with van der Waals surface area (Å²) < 4.78 is 0. The second-order valence-corrected chi connectivity index (χ2v) is 5.27. The summed E-state index contributed by atoms with van der Waals surface area (Å²) >= 11 is 0. The van der Waals surface area contributed by atoms with Crippen LogP contribution in [0.25, 0.3) is 22.3 Å². The first-order valence-corrected chi connectivity index (χ1v) is 6.84. The van der Waals surface area contributed by atoms with Gasteiger partial charge in [-0.15, -0.1) is 0 Å². The predicted octanol–water partition coefficient (Wildman–Crippen LogP) is 5.58. The molecule has 0 atom stereocenters. The molecule has 0 N–H and O–H groups in total. The van der Waals surface area contributed by atoms with Crippen molar-refractivity contribution in [2.24, 2.45) is 0 Å². The zero-order chi connectivity index (χ0) is 13.2. The molecule has 0 amide bonds. The van der Waals surface area contributed by atoms with Crippen LogP contribution >= 0.6 is 0 Å². The van der Waals surface area contributed by atoms with Crippen molar-refractivity contribution < 1.29 is 0 Å². The van der Waals surface area contributed by atoms with E-state index < -0.39 is 0 Å². The molecule has 0 unspecified atom stereocenters. The first-order chi connectivity index (χ1) is 9.27. The molecule has 0 heterocycles. The third-order valence-electron chi connectivity index (χ3n) is 3.66. The van der Waals surface area contributed by atoms with Crippen LogP contribution < -0.4 is 0 Å². The van der Waals surface area contributed by atoms with Gasteiger partial charge in [-0.05, 0) is 33.7 Å². The van der Waals surface area contributed by atoms with Crippen molar-refractivity contribution in [1.29, 1.82) is 0 Å². The van der Waals surface area contributed by atoms with Crippen LogP contribution in [0.1, 0.15) is 25.3 Å². The SMILES string of the molecule is CC(C)c1ccccc1-c1ccccc2cccc1-2. The van der Waals surface area contributed by atoms with Gasteiger partial charge in [-0.1, -0.05) is 80.6 Å². The number of fused-ring (bicyclic) bond motifs is 1. The highest BCUT2D eigenvalue weighted by atomic mass is 14.2. The van der Waals surface area contributed by atoms with Crippen molar-refractivity contribution >= 4 is 0 Å². The van der Waals surface area contributed by atoms with Crippen molar-refractivity contribution in [2.75, 3.05) is 0 Å². The molecule has 19 heavy (non-hydrogen) atoms. The highest BCUT2D eigenvalue weighted by Crippen LogP contribution is 2.36. The second kappa shape index (κ2) is 4.89. The van der Waals surface area contributed by atoms with E-state index in [0.717, 1.165) is 0 Å².